The molecule has 0 saturated carbocycles. The fourth-order valence-electron chi connectivity index (χ4n) is 2.35. The second-order valence-electron chi connectivity index (χ2n) is 4.76. The Morgan fingerprint density at radius 1 is 1.23 bits per heavy atom. The van der Waals surface area contributed by atoms with E-state index >= 15 is 0 Å². The second kappa shape index (κ2) is 6.46. The summed E-state index contributed by atoms with van der Waals surface area (Å²) in [6.45, 7) is 0.434. The molecule has 0 unspecified atom stereocenters. The summed E-state index contributed by atoms with van der Waals surface area (Å²) < 4.78 is 11.7. The van der Waals surface area contributed by atoms with E-state index in [9.17, 15) is 0 Å². The monoisotopic (exact) mass is 300 g/mol. The molecule has 2 aromatic carbocycles. The molecular weight excluding hydrogens is 284 g/mol. The summed E-state index contributed by atoms with van der Waals surface area (Å²) >= 11 is 0. The number of hydroxylamine groups is 1. The quantitative estimate of drug-likeness (QED) is 0.394. The van der Waals surface area contributed by atoms with Gasteiger partial charge in [0.2, 0.25) is 0 Å². The van der Waals surface area contributed by atoms with Crippen LogP contribution in [-0.2, 0) is 4.99 Å². The number of nitrogens with one attached hydrogen (secondary N) is 1. The largest absolute Gasteiger partial charge is 0.485 e. The molecule has 0 spiro atoms. The highest BCUT2D eigenvalue weighted by molar-refractivity contribution is 5.98. The predicted octanol–water partition coefficient (Wildman–Crippen LogP) is 2.57. The van der Waals surface area contributed by atoms with E-state index in [-0.39, 0.29) is 6.10 Å². The fraction of sp³-hybridized carbons (Fsp3) is 0.188. The highest BCUT2D eigenvalue weighted by Crippen LogP contribution is 2.35. The van der Waals surface area contributed by atoms with Gasteiger partial charge in [0.05, 0.1) is 0 Å². The molecule has 3 rings (SSSR count). The van der Waals surface area contributed by atoms with Crippen LogP contribution in [0.25, 0.3) is 0 Å². The molecule has 0 aromatic heterocycles. The van der Waals surface area contributed by atoms with Crippen molar-refractivity contribution in [3.8, 4) is 11.5 Å². The number of amidine groups is 1. The molecule has 1 heterocycles. The summed E-state index contributed by atoms with van der Waals surface area (Å²) in [6.07, 6.45) is -0.206. The smallest absolute Gasteiger partial charge is 0.162 e. The number of benzene rings is 2. The lowest BCUT2D eigenvalue weighted by Crippen LogP contribution is -2.25. The molecule has 0 amide bonds. The number of hydrogen-bond acceptors (Lipinski definition) is 5. The van der Waals surface area contributed by atoms with Gasteiger partial charge in [-0.15, -0.1) is 4.99 Å². The minimum absolute atomic E-state index is 0.206. The lowest BCUT2D eigenvalue weighted by Gasteiger charge is -2.27. The van der Waals surface area contributed by atoms with Crippen molar-refractivity contribution in [1.29, 1.82) is 0 Å². The summed E-state index contributed by atoms with van der Waals surface area (Å²) in [5, 5.41) is 8.52. The molecule has 6 nitrogen and oxygen atoms in total. The van der Waals surface area contributed by atoms with E-state index in [0.717, 1.165) is 22.6 Å². The Kier molecular flexibility index (Phi) is 4.22. The summed E-state index contributed by atoms with van der Waals surface area (Å²) in [5.74, 6) is 1.90. The van der Waals surface area contributed by atoms with Gasteiger partial charge < -0.3 is 9.47 Å². The van der Waals surface area contributed by atoms with Gasteiger partial charge in [-0.25, -0.2) is 10.7 Å². The van der Waals surface area contributed by atoms with Crippen molar-refractivity contribution < 1.29 is 19.7 Å². The van der Waals surface area contributed by atoms with Gasteiger partial charge in [-0.05, 0) is 23.8 Å². The van der Waals surface area contributed by atoms with Crippen LogP contribution in [0, 0.1) is 0 Å². The first-order valence-electron chi connectivity index (χ1n) is 6.84. The minimum Gasteiger partial charge on any atom is -0.485 e. The Balaban J connectivity index is 1.84. The van der Waals surface area contributed by atoms with Gasteiger partial charge in [-0.1, -0.05) is 30.3 Å². The van der Waals surface area contributed by atoms with Crippen LogP contribution in [0.3, 0.4) is 0 Å². The van der Waals surface area contributed by atoms with Gasteiger partial charge in [0.25, 0.3) is 0 Å². The molecule has 0 saturated heterocycles. The Hall–Kier alpha value is -2.57. The molecular formula is C16H16N2O4. The summed E-state index contributed by atoms with van der Waals surface area (Å²) in [5.41, 5.74) is 4.05. The number of aliphatic imine (C=N–C) groups is 1. The zero-order chi connectivity index (χ0) is 15.4. The van der Waals surface area contributed by atoms with Crippen molar-refractivity contribution in [2.24, 2.45) is 4.99 Å². The van der Waals surface area contributed by atoms with Gasteiger partial charge in [-0.3, -0.25) is 4.99 Å². The first-order valence-corrected chi connectivity index (χ1v) is 6.84. The second-order valence-corrected chi connectivity index (χ2v) is 4.76. The molecule has 1 aliphatic rings. The molecule has 6 heteroatoms. The van der Waals surface area contributed by atoms with Gasteiger partial charge in [0.1, 0.15) is 6.61 Å². The van der Waals surface area contributed by atoms with E-state index in [1.807, 2.05) is 48.5 Å². The number of ether oxygens (including phenoxy) is 2. The van der Waals surface area contributed by atoms with Crippen LogP contribution in [0.15, 0.2) is 53.5 Å². The lowest BCUT2D eigenvalue weighted by molar-refractivity contribution is -0.273. The van der Waals surface area contributed by atoms with E-state index in [1.54, 1.807) is 7.05 Å². The van der Waals surface area contributed by atoms with E-state index in [1.165, 1.54) is 0 Å². The number of nitrogens with zero attached hydrogens (tertiary/aromatic N) is 1. The van der Waals surface area contributed by atoms with E-state index < -0.39 is 0 Å². The van der Waals surface area contributed by atoms with E-state index in [2.05, 4.69) is 15.5 Å². The summed E-state index contributed by atoms with van der Waals surface area (Å²) in [6, 6.07) is 15.2. The first-order chi connectivity index (χ1) is 10.8. The van der Waals surface area contributed by atoms with Crippen molar-refractivity contribution in [1.82, 2.24) is 5.48 Å². The highest BCUT2D eigenvalue weighted by Gasteiger charge is 2.22. The lowest BCUT2D eigenvalue weighted by atomic mass is 10.0. The molecule has 22 heavy (non-hydrogen) atoms. The third-order valence-corrected chi connectivity index (χ3v) is 3.41. The number of hydrogen-bond donors (Lipinski definition) is 2. The first kappa shape index (κ1) is 14.4. The minimum atomic E-state index is -0.206. The van der Waals surface area contributed by atoms with E-state index in [0.29, 0.717) is 12.4 Å². The zero-order valence-corrected chi connectivity index (χ0v) is 12.0. The summed E-state index contributed by atoms with van der Waals surface area (Å²) in [4.78, 5) is 7.96. The molecule has 0 radical (unpaired) electrons. The fourth-order valence-corrected chi connectivity index (χ4v) is 2.35. The topological polar surface area (TPSA) is 72.3 Å². The van der Waals surface area contributed by atoms with E-state index in [4.69, 9.17) is 14.7 Å². The SMILES string of the molecule is CN=C(NOO)c1cccc([C@H]2COc3ccccc3O2)c1. The Morgan fingerprint density at radius 3 is 2.82 bits per heavy atom. The molecule has 0 bridgehead atoms. The van der Waals surface area contributed by atoms with Crippen LogP contribution in [0.4, 0.5) is 0 Å². The van der Waals surface area contributed by atoms with Gasteiger partial charge in [-0.2, -0.15) is 0 Å². The standard InChI is InChI=1S/C16H16N2O4/c1-17-16(18-22-19)12-6-4-5-11(9-12)15-10-20-13-7-2-3-8-14(13)21-15/h2-9,15,19H,10H2,1H3,(H,17,18)/t15-/m1/s1. The maximum Gasteiger partial charge on any atom is 0.162 e. The Labute approximate surface area is 127 Å². The molecule has 2 N–H and O–H groups in total. The normalized spacial score (nSPS) is 17.2. The average Bonchev–Trinajstić information content (AvgIpc) is 2.59. The van der Waals surface area contributed by atoms with Gasteiger partial charge in [0.15, 0.2) is 23.4 Å². The Bertz CT molecular complexity index is 687. The van der Waals surface area contributed by atoms with Crippen molar-refractivity contribution >= 4 is 5.84 Å². The number of para-hydroxylation sites is 2. The average molecular weight is 300 g/mol. The molecule has 114 valence electrons. The molecule has 0 aliphatic carbocycles. The molecule has 0 fully saturated rings. The maximum atomic E-state index is 8.52. The molecule has 2 aromatic rings. The number of fused-ring (bicyclic) bond motifs is 1. The summed E-state index contributed by atoms with van der Waals surface area (Å²) in [7, 11) is 1.60. The highest BCUT2D eigenvalue weighted by atomic mass is 17.2. The van der Waals surface area contributed by atoms with Gasteiger partial charge in [0, 0.05) is 12.6 Å². The third kappa shape index (κ3) is 2.88. The van der Waals surface area contributed by atoms with Gasteiger partial charge >= 0.3 is 0 Å². The molecule has 1 atom stereocenters. The van der Waals surface area contributed by atoms with Crippen LogP contribution in [0.1, 0.15) is 17.2 Å². The Morgan fingerprint density at radius 2 is 2.05 bits per heavy atom. The maximum absolute atomic E-state index is 8.52. The van der Waals surface area contributed by atoms with Crippen molar-refractivity contribution in [2.45, 2.75) is 6.10 Å². The van der Waals surface area contributed by atoms with Crippen LogP contribution in [-0.4, -0.2) is 24.7 Å². The van der Waals surface area contributed by atoms with Crippen molar-refractivity contribution in [3.63, 3.8) is 0 Å². The zero-order valence-electron chi connectivity index (χ0n) is 12.0. The predicted molar refractivity (Wildman–Crippen MR) is 81.1 cm³/mol. The van der Waals surface area contributed by atoms with Crippen molar-refractivity contribution in [2.75, 3.05) is 13.7 Å². The van der Waals surface area contributed by atoms with Crippen LogP contribution < -0.4 is 15.0 Å². The molecule has 1 aliphatic heterocycles. The number of rotatable bonds is 3. The van der Waals surface area contributed by atoms with Crippen LogP contribution in [0.2, 0.25) is 0 Å². The third-order valence-electron chi connectivity index (χ3n) is 3.41. The van der Waals surface area contributed by atoms with Crippen LogP contribution >= 0.6 is 0 Å². The van der Waals surface area contributed by atoms with Crippen LogP contribution in [0.5, 0.6) is 11.5 Å². The van der Waals surface area contributed by atoms with Crippen molar-refractivity contribution in [3.05, 3.63) is 59.7 Å².